The summed E-state index contributed by atoms with van der Waals surface area (Å²) >= 11 is 0. The SMILES string of the molecule is COc1ccc(CC(=O)N2CCC3CN(c4ccc(F)cn4)CC32)cc1OC. The van der Waals surface area contributed by atoms with Crippen molar-refractivity contribution in [2.75, 3.05) is 38.8 Å². The van der Waals surface area contributed by atoms with Crippen LogP contribution < -0.4 is 14.4 Å². The van der Waals surface area contributed by atoms with Crippen LogP contribution in [0.4, 0.5) is 10.2 Å². The monoisotopic (exact) mass is 385 g/mol. The lowest BCUT2D eigenvalue weighted by molar-refractivity contribution is -0.131. The third kappa shape index (κ3) is 3.48. The van der Waals surface area contributed by atoms with E-state index in [1.807, 2.05) is 23.1 Å². The van der Waals surface area contributed by atoms with Crippen molar-refractivity contribution >= 4 is 11.7 Å². The van der Waals surface area contributed by atoms with Crippen LogP contribution in [0.3, 0.4) is 0 Å². The molecule has 2 atom stereocenters. The lowest BCUT2D eigenvalue weighted by Crippen LogP contribution is -2.40. The zero-order chi connectivity index (χ0) is 19.7. The van der Waals surface area contributed by atoms with Crippen LogP contribution in [0.2, 0.25) is 0 Å². The fourth-order valence-electron chi connectivity index (χ4n) is 4.28. The van der Waals surface area contributed by atoms with Crippen LogP contribution in [-0.2, 0) is 11.2 Å². The number of nitrogens with zero attached hydrogens (tertiary/aromatic N) is 3. The summed E-state index contributed by atoms with van der Waals surface area (Å²) in [6.07, 6.45) is 2.56. The second-order valence-electron chi connectivity index (χ2n) is 7.31. The number of anilines is 1. The molecule has 1 aromatic carbocycles. The Labute approximate surface area is 163 Å². The molecule has 7 heteroatoms. The van der Waals surface area contributed by atoms with E-state index in [0.29, 0.717) is 23.8 Å². The molecule has 0 radical (unpaired) electrons. The van der Waals surface area contributed by atoms with Crippen LogP contribution >= 0.6 is 0 Å². The number of hydrogen-bond donors (Lipinski definition) is 0. The summed E-state index contributed by atoms with van der Waals surface area (Å²) < 4.78 is 23.7. The molecule has 6 nitrogen and oxygen atoms in total. The molecular weight excluding hydrogens is 361 g/mol. The van der Waals surface area contributed by atoms with Crippen molar-refractivity contribution in [2.45, 2.75) is 18.9 Å². The van der Waals surface area contributed by atoms with Crippen molar-refractivity contribution in [1.82, 2.24) is 9.88 Å². The predicted octanol–water partition coefficient (Wildman–Crippen LogP) is 2.52. The maximum atomic E-state index is 13.1. The molecule has 3 heterocycles. The number of hydrogen-bond acceptors (Lipinski definition) is 5. The fraction of sp³-hybridized carbons (Fsp3) is 0.429. The summed E-state index contributed by atoms with van der Waals surface area (Å²) in [7, 11) is 3.18. The summed E-state index contributed by atoms with van der Waals surface area (Å²) in [6.45, 7) is 2.37. The van der Waals surface area contributed by atoms with Gasteiger partial charge in [-0.1, -0.05) is 6.07 Å². The molecule has 2 fully saturated rings. The Morgan fingerprint density at radius 1 is 1.18 bits per heavy atom. The molecule has 2 aliphatic rings. The summed E-state index contributed by atoms with van der Waals surface area (Å²) in [5.41, 5.74) is 0.904. The lowest BCUT2D eigenvalue weighted by atomic mass is 10.0. The van der Waals surface area contributed by atoms with Gasteiger partial charge in [-0.25, -0.2) is 9.37 Å². The Hall–Kier alpha value is -2.83. The maximum Gasteiger partial charge on any atom is 0.227 e. The molecule has 2 saturated heterocycles. The van der Waals surface area contributed by atoms with E-state index in [4.69, 9.17) is 9.47 Å². The normalized spacial score (nSPS) is 21.0. The van der Waals surface area contributed by atoms with Gasteiger partial charge in [-0.05, 0) is 36.2 Å². The van der Waals surface area contributed by atoms with Gasteiger partial charge in [0.1, 0.15) is 11.6 Å². The number of carbonyl (C=O) groups is 1. The number of aromatic nitrogens is 1. The average molecular weight is 385 g/mol. The van der Waals surface area contributed by atoms with Gasteiger partial charge in [-0.2, -0.15) is 0 Å². The summed E-state index contributed by atoms with van der Waals surface area (Å²) in [5.74, 6) is 2.26. The highest BCUT2D eigenvalue weighted by Gasteiger charge is 2.43. The van der Waals surface area contributed by atoms with E-state index in [0.717, 1.165) is 37.4 Å². The Kier molecular flexibility index (Phi) is 5.07. The minimum Gasteiger partial charge on any atom is -0.493 e. The molecule has 1 amide bonds. The fourth-order valence-corrected chi connectivity index (χ4v) is 4.28. The van der Waals surface area contributed by atoms with Gasteiger partial charge >= 0.3 is 0 Å². The van der Waals surface area contributed by atoms with Crippen LogP contribution in [0, 0.1) is 11.7 Å². The van der Waals surface area contributed by atoms with E-state index in [1.54, 1.807) is 20.3 Å². The topological polar surface area (TPSA) is 54.9 Å². The highest BCUT2D eigenvalue weighted by molar-refractivity contribution is 5.80. The average Bonchev–Trinajstić information content (AvgIpc) is 3.29. The summed E-state index contributed by atoms with van der Waals surface area (Å²) in [4.78, 5) is 21.3. The van der Waals surface area contributed by atoms with Crippen LogP contribution in [0.25, 0.3) is 0 Å². The van der Waals surface area contributed by atoms with E-state index in [1.165, 1.54) is 12.3 Å². The summed E-state index contributed by atoms with van der Waals surface area (Å²) in [6, 6.07) is 8.89. The first-order chi connectivity index (χ1) is 13.6. The van der Waals surface area contributed by atoms with E-state index < -0.39 is 0 Å². The Morgan fingerprint density at radius 2 is 2.00 bits per heavy atom. The number of halogens is 1. The molecule has 4 rings (SSSR count). The van der Waals surface area contributed by atoms with Gasteiger partial charge < -0.3 is 19.3 Å². The summed E-state index contributed by atoms with van der Waals surface area (Å²) in [5, 5.41) is 0. The minimum atomic E-state index is -0.338. The van der Waals surface area contributed by atoms with Gasteiger partial charge in [0.05, 0.1) is 32.9 Å². The molecule has 0 aliphatic carbocycles. The van der Waals surface area contributed by atoms with Crippen molar-refractivity contribution in [1.29, 1.82) is 0 Å². The van der Waals surface area contributed by atoms with Gasteiger partial charge in [0.25, 0.3) is 0 Å². The second-order valence-corrected chi connectivity index (χ2v) is 7.31. The Morgan fingerprint density at radius 3 is 2.71 bits per heavy atom. The number of amides is 1. The molecule has 0 N–H and O–H groups in total. The zero-order valence-corrected chi connectivity index (χ0v) is 16.1. The molecule has 1 aromatic heterocycles. The second kappa shape index (κ2) is 7.66. The molecule has 0 bridgehead atoms. The molecule has 2 aliphatic heterocycles. The van der Waals surface area contributed by atoms with E-state index in [-0.39, 0.29) is 17.8 Å². The third-order valence-corrected chi connectivity index (χ3v) is 5.71. The van der Waals surface area contributed by atoms with Crippen molar-refractivity contribution in [3.05, 3.63) is 47.9 Å². The van der Waals surface area contributed by atoms with Crippen LogP contribution in [0.1, 0.15) is 12.0 Å². The van der Waals surface area contributed by atoms with Crippen LogP contribution in [0.5, 0.6) is 11.5 Å². The number of fused-ring (bicyclic) bond motifs is 1. The highest BCUT2D eigenvalue weighted by Crippen LogP contribution is 2.34. The van der Waals surface area contributed by atoms with Gasteiger partial charge in [0, 0.05) is 25.6 Å². The predicted molar refractivity (Wildman–Crippen MR) is 103 cm³/mol. The standard InChI is InChI=1S/C21H24FN3O3/c1-27-18-5-3-14(9-19(18)28-2)10-21(26)25-8-7-15-12-24(13-17(15)25)20-6-4-16(22)11-23-20/h3-6,9,11,15,17H,7-8,10,12-13H2,1-2H3. The van der Waals surface area contributed by atoms with Crippen molar-refractivity contribution in [3.8, 4) is 11.5 Å². The maximum absolute atomic E-state index is 13.1. The van der Waals surface area contributed by atoms with Gasteiger partial charge in [0.2, 0.25) is 5.91 Å². The first kappa shape index (κ1) is 18.5. The third-order valence-electron chi connectivity index (χ3n) is 5.71. The van der Waals surface area contributed by atoms with E-state index >= 15 is 0 Å². The number of benzene rings is 1. The molecule has 0 saturated carbocycles. The minimum absolute atomic E-state index is 0.119. The zero-order valence-electron chi connectivity index (χ0n) is 16.1. The molecule has 2 aromatic rings. The molecule has 2 unspecified atom stereocenters. The van der Waals surface area contributed by atoms with Crippen molar-refractivity contribution in [3.63, 3.8) is 0 Å². The van der Waals surface area contributed by atoms with Crippen LogP contribution in [-0.4, -0.2) is 55.7 Å². The number of pyridine rings is 1. The number of carbonyl (C=O) groups excluding carboxylic acids is 1. The molecule has 148 valence electrons. The van der Waals surface area contributed by atoms with Gasteiger partial charge in [0.15, 0.2) is 11.5 Å². The molecule has 28 heavy (non-hydrogen) atoms. The van der Waals surface area contributed by atoms with Gasteiger partial charge in [-0.15, -0.1) is 0 Å². The van der Waals surface area contributed by atoms with Crippen LogP contribution in [0.15, 0.2) is 36.5 Å². The molecule has 0 spiro atoms. The molecular formula is C21H24FN3O3. The van der Waals surface area contributed by atoms with Crippen molar-refractivity contribution in [2.24, 2.45) is 5.92 Å². The first-order valence-electron chi connectivity index (χ1n) is 9.46. The number of likely N-dealkylation sites (tertiary alicyclic amines) is 1. The number of rotatable bonds is 5. The van der Waals surface area contributed by atoms with Gasteiger partial charge in [-0.3, -0.25) is 4.79 Å². The first-order valence-corrected chi connectivity index (χ1v) is 9.46. The van der Waals surface area contributed by atoms with E-state index in [9.17, 15) is 9.18 Å². The number of methoxy groups -OCH3 is 2. The Balaban J connectivity index is 1.44. The highest BCUT2D eigenvalue weighted by atomic mass is 19.1. The number of ether oxygens (including phenoxy) is 2. The Bertz CT molecular complexity index is 858. The van der Waals surface area contributed by atoms with E-state index in [2.05, 4.69) is 9.88 Å². The smallest absolute Gasteiger partial charge is 0.227 e. The largest absolute Gasteiger partial charge is 0.493 e. The van der Waals surface area contributed by atoms with Crippen molar-refractivity contribution < 1.29 is 18.7 Å². The lowest BCUT2D eigenvalue weighted by Gasteiger charge is -2.25. The quantitative estimate of drug-likeness (QED) is 0.792.